The van der Waals surface area contributed by atoms with Crippen LogP contribution in [-0.4, -0.2) is 7.11 Å². The van der Waals surface area contributed by atoms with Gasteiger partial charge in [-0.05, 0) is 35.4 Å². The normalized spacial score (nSPS) is 12.3. The second-order valence-electron chi connectivity index (χ2n) is 4.04. The first-order valence-electron chi connectivity index (χ1n) is 5.57. The van der Waals surface area contributed by atoms with Gasteiger partial charge in [0, 0.05) is 5.02 Å². The molecule has 0 aliphatic heterocycles. The van der Waals surface area contributed by atoms with Gasteiger partial charge in [0.25, 0.3) is 0 Å². The van der Waals surface area contributed by atoms with Crippen molar-refractivity contribution in [1.82, 2.24) is 0 Å². The largest absolute Gasteiger partial charge is 0.497 e. The van der Waals surface area contributed by atoms with Crippen LogP contribution in [0, 0.1) is 5.82 Å². The molecule has 2 rings (SSSR count). The maximum atomic E-state index is 13.4. The summed E-state index contributed by atoms with van der Waals surface area (Å²) in [5.74, 6) is 0.141. The summed E-state index contributed by atoms with van der Waals surface area (Å²) in [4.78, 5) is 0. The van der Waals surface area contributed by atoms with Crippen LogP contribution in [0.1, 0.15) is 17.2 Å². The highest BCUT2D eigenvalue weighted by atomic mass is 35.5. The molecule has 2 aromatic carbocycles. The third kappa shape index (κ3) is 3.00. The van der Waals surface area contributed by atoms with E-state index in [0.29, 0.717) is 21.9 Å². The van der Waals surface area contributed by atoms with Gasteiger partial charge in [-0.3, -0.25) is 0 Å². The van der Waals surface area contributed by atoms with Crippen molar-refractivity contribution in [2.24, 2.45) is 5.73 Å². The predicted octanol–water partition coefficient (Wildman–Crippen LogP) is 4.19. The zero-order valence-electron chi connectivity index (χ0n) is 10.2. The van der Waals surface area contributed by atoms with Gasteiger partial charge in [0.1, 0.15) is 11.6 Å². The average molecular weight is 300 g/mol. The van der Waals surface area contributed by atoms with Crippen molar-refractivity contribution in [3.8, 4) is 5.75 Å². The summed E-state index contributed by atoms with van der Waals surface area (Å²) in [7, 11) is 1.56. The highest BCUT2D eigenvalue weighted by molar-refractivity contribution is 6.31. The van der Waals surface area contributed by atoms with E-state index in [4.69, 9.17) is 33.7 Å². The second-order valence-corrected chi connectivity index (χ2v) is 4.85. The van der Waals surface area contributed by atoms with Crippen LogP contribution in [0.2, 0.25) is 10.0 Å². The summed E-state index contributed by atoms with van der Waals surface area (Å²) in [5, 5.41) is 0.541. The number of hydrogen-bond acceptors (Lipinski definition) is 2. The van der Waals surface area contributed by atoms with Gasteiger partial charge in [0.2, 0.25) is 0 Å². The molecule has 5 heteroatoms. The monoisotopic (exact) mass is 299 g/mol. The van der Waals surface area contributed by atoms with E-state index in [9.17, 15) is 4.39 Å². The molecule has 100 valence electrons. The van der Waals surface area contributed by atoms with E-state index in [0.717, 1.165) is 0 Å². The summed E-state index contributed by atoms with van der Waals surface area (Å²) in [6.07, 6.45) is 0. The van der Waals surface area contributed by atoms with Crippen LogP contribution in [0.3, 0.4) is 0 Å². The first-order valence-corrected chi connectivity index (χ1v) is 6.32. The van der Waals surface area contributed by atoms with Gasteiger partial charge in [0.05, 0.1) is 18.2 Å². The van der Waals surface area contributed by atoms with Crippen LogP contribution in [0.5, 0.6) is 5.75 Å². The molecule has 1 unspecified atom stereocenters. The van der Waals surface area contributed by atoms with Gasteiger partial charge in [0.15, 0.2) is 0 Å². The Morgan fingerprint density at radius 3 is 2.42 bits per heavy atom. The molecule has 0 saturated carbocycles. The van der Waals surface area contributed by atoms with E-state index in [1.807, 2.05) is 0 Å². The van der Waals surface area contributed by atoms with Crippen molar-refractivity contribution < 1.29 is 9.13 Å². The van der Waals surface area contributed by atoms with Gasteiger partial charge in [-0.1, -0.05) is 35.3 Å². The van der Waals surface area contributed by atoms with Crippen molar-refractivity contribution >= 4 is 23.2 Å². The minimum absolute atomic E-state index is 0.0665. The fourth-order valence-corrected chi connectivity index (χ4v) is 2.18. The van der Waals surface area contributed by atoms with E-state index >= 15 is 0 Å². The number of hydrogen-bond donors (Lipinski definition) is 1. The van der Waals surface area contributed by atoms with E-state index in [2.05, 4.69) is 0 Å². The van der Waals surface area contributed by atoms with Crippen LogP contribution < -0.4 is 10.5 Å². The molecule has 2 nitrogen and oxygen atoms in total. The summed E-state index contributed by atoms with van der Waals surface area (Å²) in [6.45, 7) is 0. The Morgan fingerprint density at radius 1 is 1.11 bits per heavy atom. The maximum absolute atomic E-state index is 13.4. The molecule has 0 spiro atoms. The lowest BCUT2D eigenvalue weighted by molar-refractivity contribution is 0.414. The SMILES string of the molecule is COc1ccc(C(N)c2ccc(Cl)c(F)c2)c(Cl)c1. The smallest absolute Gasteiger partial charge is 0.142 e. The number of nitrogens with two attached hydrogens (primary N) is 1. The molecule has 1 atom stereocenters. The molecular weight excluding hydrogens is 288 g/mol. The summed E-state index contributed by atoms with van der Waals surface area (Å²) >= 11 is 11.8. The van der Waals surface area contributed by atoms with Gasteiger partial charge < -0.3 is 10.5 Å². The lowest BCUT2D eigenvalue weighted by Gasteiger charge is -2.15. The molecule has 0 aromatic heterocycles. The van der Waals surface area contributed by atoms with Gasteiger partial charge in [-0.2, -0.15) is 0 Å². The van der Waals surface area contributed by atoms with Crippen molar-refractivity contribution in [2.75, 3.05) is 7.11 Å². The molecule has 0 saturated heterocycles. The number of halogens is 3. The summed E-state index contributed by atoms with van der Waals surface area (Å²) < 4.78 is 18.5. The number of rotatable bonds is 3. The van der Waals surface area contributed by atoms with Crippen molar-refractivity contribution in [3.05, 3.63) is 63.4 Å². The molecule has 2 aromatic rings. The molecule has 2 N–H and O–H groups in total. The third-order valence-corrected chi connectivity index (χ3v) is 3.48. The molecule has 19 heavy (non-hydrogen) atoms. The Morgan fingerprint density at radius 2 is 1.84 bits per heavy atom. The maximum Gasteiger partial charge on any atom is 0.142 e. The summed E-state index contributed by atoms with van der Waals surface area (Å²) in [6, 6.07) is 9.13. The first kappa shape index (κ1) is 14.1. The molecule has 0 heterocycles. The third-order valence-electron chi connectivity index (χ3n) is 2.85. The first-order chi connectivity index (χ1) is 9.02. The lowest BCUT2D eigenvalue weighted by Crippen LogP contribution is -2.12. The number of methoxy groups -OCH3 is 1. The molecule has 0 amide bonds. The van der Waals surface area contributed by atoms with Gasteiger partial charge in [-0.15, -0.1) is 0 Å². The van der Waals surface area contributed by atoms with Gasteiger partial charge >= 0.3 is 0 Å². The minimum Gasteiger partial charge on any atom is -0.497 e. The van der Waals surface area contributed by atoms with Gasteiger partial charge in [-0.25, -0.2) is 4.39 Å². The zero-order valence-corrected chi connectivity index (χ0v) is 11.7. The van der Waals surface area contributed by atoms with Crippen LogP contribution in [-0.2, 0) is 0 Å². The van der Waals surface area contributed by atoms with E-state index in [1.54, 1.807) is 31.4 Å². The standard InChI is InChI=1S/C14H12Cl2FNO/c1-19-9-3-4-10(12(16)7-9)14(18)8-2-5-11(15)13(17)6-8/h2-7,14H,18H2,1H3. The van der Waals surface area contributed by atoms with Crippen molar-refractivity contribution in [2.45, 2.75) is 6.04 Å². The van der Waals surface area contributed by atoms with Crippen LogP contribution in [0.15, 0.2) is 36.4 Å². The molecular formula is C14H12Cl2FNO. The molecule has 0 fully saturated rings. The van der Waals surface area contributed by atoms with Crippen molar-refractivity contribution in [1.29, 1.82) is 0 Å². The highest BCUT2D eigenvalue weighted by Gasteiger charge is 2.14. The van der Waals surface area contributed by atoms with Crippen LogP contribution in [0.25, 0.3) is 0 Å². The highest BCUT2D eigenvalue weighted by Crippen LogP contribution is 2.30. The number of benzene rings is 2. The fraction of sp³-hybridized carbons (Fsp3) is 0.143. The van der Waals surface area contributed by atoms with Crippen LogP contribution >= 0.6 is 23.2 Å². The quantitative estimate of drug-likeness (QED) is 0.922. The Kier molecular flexibility index (Phi) is 4.30. The summed E-state index contributed by atoms with van der Waals surface area (Å²) in [5.41, 5.74) is 7.40. The van der Waals surface area contributed by atoms with E-state index in [1.165, 1.54) is 12.1 Å². The topological polar surface area (TPSA) is 35.2 Å². The molecule has 0 aliphatic carbocycles. The minimum atomic E-state index is -0.523. The Labute approximate surface area is 120 Å². The Balaban J connectivity index is 2.38. The van der Waals surface area contributed by atoms with Crippen molar-refractivity contribution in [3.63, 3.8) is 0 Å². The zero-order chi connectivity index (χ0) is 14.0. The lowest BCUT2D eigenvalue weighted by atomic mass is 9.99. The second kappa shape index (κ2) is 5.78. The molecule has 0 bridgehead atoms. The van der Waals surface area contributed by atoms with E-state index < -0.39 is 11.9 Å². The molecule has 0 radical (unpaired) electrons. The number of ether oxygens (including phenoxy) is 1. The predicted molar refractivity (Wildman–Crippen MR) is 75.4 cm³/mol. The average Bonchev–Trinajstić information content (AvgIpc) is 2.41. The van der Waals surface area contributed by atoms with Crippen LogP contribution in [0.4, 0.5) is 4.39 Å². The Bertz CT molecular complexity index is 604. The Hall–Kier alpha value is -1.29. The molecule has 0 aliphatic rings. The van der Waals surface area contributed by atoms with E-state index in [-0.39, 0.29) is 5.02 Å². The fourth-order valence-electron chi connectivity index (χ4n) is 1.77.